The van der Waals surface area contributed by atoms with Crippen molar-refractivity contribution in [2.75, 3.05) is 33.5 Å². The maximum absolute atomic E-state index is 11.8. The first-order valence-electron chi connectivity index (χ1n) is 8.38. The Morgan fingerprint density at radius 1 is 1.00 bits per heavy atom. The molecule has 0 radical (unpaired) electrons. The largest absolute Gasteiger partial charge is 0.467 e. The Morgan fingerprint density at radius 2 is 1.64 bits per heavy atom. The number of Topliss-reactive ketones (excluding diaryl/α,β-unsaturated/α-hetero) is 1. The van der Waals surface area contributed by atoms with E-state index in [9.17, 15) is 14.4 Å². The fraction of sp³-hybridized carbons (Fsp3) is 0.824. The summed E-state index contributed by atoms with van der Waals surface area (Å²) in [5.74, 6) is -0.893. The topological polar surface area (TPSA) is 114 Å². The molecule has 0 bridgehead atoms. The van der Waals surface area contributed by atoms with E-state index < -0.39 is 23.6 Å². The first kappa shape index (κ1) is 23.5. The Hall–Kier alpha value is -1.51. The Balaban J connectivity index is 3.61. The van der Waals surface area contributed by atoms with Gasteiger partial charge >= 0.3 is 11.9 Å². The predicted octanol–water partition coefficient (Wildman–Crippen LogP) is 0.991. The van der Waals surface area contributed by atoms with Gasteiger partial charge in [-0.2, -0.15) is 0 Å². The van der Waals surface area contributed by atoms with Crippen LogP contribution in [0.2, 0.25) is 0 Å². The van der Waals surface area contributed by atoms with Crippen LogP contribution >= 0.6 is 0 Å². The predicted molar refractivity (Wildman–Crippen MR) is 90.9 cm³/mol. The van der Waals surface area contributed by atoms with E-state index >= 15 is 0 Å². The monoisotopic (exact) mass is 361 g/mol. The molecular formula is C17H31NO7. The van der Waals surface area contributed by atoms with E-state index in [-0.39, 0.29) is 31.8 Å². The lowest BCUT2D eigenvalue weighted by molar-refractivity contribution is -0.156. The molecule has 0 saturated carbocycles. The fourth-order valence-corrected chi connectivity index (χ4v) is 1.74. The highest BCUT2D eigenvalue weighted by molar-refractivity contribution is 5.80. The number of methoxy groups -OCH3 is 1. The molecule has 2 N–H and O–H groups in total. The fourth-order valence-electron chi connectivity index (χ4n) is 1.74. The number of ether oxygens (including phenoxy) is 4. The highest BCUT2D eigenvalue weighted by Crippen LogP contribution is 2.10. The van der Waals surface area contributed by atoms with Crippen LogP contribution in [0.25, 0.3) is 0 Å². The third-order valence-corrected chi connectivity index (χ3v) is 3.01. The van der Waals surface area contributed by atoms with Gasteiger partial charge in [-0.1, -0.05) is 0 Å². The molecule has 0 unspecified atom stereocenters. The Labute approximate surface area is 149 Å². The summed E-state index contributed by atoms with van der Waals surface area (Å²) < 4.78 is 19.9. The van der Waals surface area contributed by atoms with Crippen LogP contribution in [0.15, 0.2) is 0 Å². The van der Waals surface area contributed by atoms with Gasteiger partial charge in [-0.15, -0.1) is 0 Å². The summed E-state index contributed by atoms with van der Waals surface area (Å²) in [6.45, 7) is 6.25. The first-order chi connectivity index (χ1) is 11.7. The van der Waals surface area contributed by atoms with Crippen molar-refractivity contribution >= 4 is 17.7 Å². The summed E-state index contributed by atoms with van der Waals surface area (Å²) in [5.41, 5.74) is 5.14. The van der Waals surface area contributed by atoms with Gasteiger partial charge in [0.25, 0.3) is 0 Å². The van der Waals surface area contributed by atoms with Crippen molar-refractivity contribution in [3.8, 4) is 0 Å². The standard InChI is InChI=1S/C17H31NO7/c1-17(2,3)25-16(21)14(18)8-7-13(19)6-5-9-23-10-11-24-12-15(20)22-4/h14H,5-12,18H2,1-4H3/t14-/m0/s1. The molecule has 0 aliphatic carbocycles. The van der Waals surface area contributed by atoms with Gasteiger partial charge in [0.1, 0.15) is 24.0 Å². The third kappa shape index (κ3) is 14.5. The summed E-state index contributed by atoms with van der Waals surface area (Å²) >= 11 is 0. The van der Waals surface area contributed by atoms with E-state index in [1.165, 1.54) is 7.11 Å². The van der Waals surface area contributed by atoms with Crippen LogP contribution in [0.4, 0.5) is 0 Å². The number of hydrogen-bond acceptors (Lipinski definition) is 8. The second kappa shape index (κ2) is 12.8. The van der Waals surface area contributed by atoms with E-state index in [0.29, 0.717) is 26.1 Å². The van der Waals surface area contributed by atoms with Crippen LogP contribution in [0.5, 0.6) is 0 Å². The number of ketones is 1. The summed E-state index contributed by atoms with van der Waals surface area (Å²) in [5, 5.41) is 0. The molecule has 0 aliphatic heterocycles. The molecule has 0 rings (SSSR count). The molecule has 0 saturated heterocycles. The third-order valence-electron chi connectivity index (χ3n) is 3.01. The van der Waals surface area contributed by atoms with Crippen LogP contribution in [-0.2, 0) is 33.3 Å². The molecule has 25 heavy (non-hydrogen) atoms. The number of carbonyl (C=O) groups excluding carboxylic acids is 3. The molecule has 0 spiro atoms. The number of esters is 2. The van der Waals surface area contributed by atoms with Gasteiger partial charge in [0.15, 0.2) is 0 Å². The minimum absolute atomic E-state index is 0.0320. The number of carbonyl (C=O) groups is 3. The SMILES string of the molecule is COC(=O)COCCOCCCC(=O)CC[C@H](N)C(=O)OC(C)(C)C. The molecule has 0 aromatic rings. The molecule has 0 aromatic carbocycles. The van der Waals surface area contributed by atoms with Gasteiger partial charge in [-0.05, 0) is 33.6 Å². The van der Waals surface area contributed by atoms with E-state index in [0.717, 1.165) is 0 Å². The van der Waals surface area contributed by atoms with Gasteiger partial charge in [-0.25, -0.2) is 4.79 Å². The van der Waals surface area contributed by atoms with Crippen molar-refractivity contribution in [3.63, 3.8) is 0 Å². The van der Waals surface area contributed by atoms with Gasteiger partial charge < -0.3 is 24.7 Å². The average Bonchev–Trinajstić information content (AvgIpc) is 2.52. The Kier molecular flexibility index (Phi) is 12.0. The smallest absolute Gasteiger partial charge is 0.331 e. The van der Waals surface area contributed by atoms with Crippen molar-refractivity contribution < 1.29 is 33.3 Å². The zero-order valence-corrected chi connectivity index (χ0v) is 15.7. The minimum atomic E-state index is -0.786. The van der Waals surface area contributed by atoms with E-state index in [4.69, 9.17) is 19.9 Å². The Morgan fingerprint density at radius 3 is 2.24 bits per heavy atom. The average molecular weight is 361 g/mol. The zero-order valence-electron chi connectivity index (χ0n) is 15.7. The molecule has 0 fully saturated rings. The van der Waals surface area contributed by atoms with Crippen LogP contribution in [0, 0.1) is 0 Å². The van der Waals surface area contributed by atoms with E-state index in [2.05, 4.69) is 4.74 Å². The molecule has 8 nitrogen and oxygen atoms in total. The molecule has 0 heterocycles. The van der Waals surface area contributed by atoms with Gasteiger partial charge in [0.05, 0.1) is 20.3 Å². The van der Waals surface area contributed by atoms with Crippen LogP contribution in [0.3, 0.4) is 0 Å². The van der Waals surface area contributed by atoms with Crippen LogP contribution in [-0.4, -0.2) is 62.9 Å². The quantitative estimate of drug-likeness (QED) is 0.381. The van der Waals surface area contributed by atoms with Gasteiger partial charge in [-0.3, -0.25) is 9.59 Å². The zero-order chi connectivity index (χ0) is 19.3. The molecule has 1 atom stereocenters. The summed E-state index contributed by atoms with van der Waals surface area (Å²) in [6.07, 6.45) is 1.46. The van der Waals surface area contributed by atoms with Crippen molar-refractivity contribution in [2.24, 2.45) is 5.73 Å². The van der Waals surface area contributed by atoms with Crippen molar-refractivity contribution in [3.05, 3.63) is 0 Å². The van der Waals surface area contributed by atoms with Gasteiger partial charge in [0.2, 0.25) is 0 Å². The molecule has 8 heteroatoms. The number of rotatable bonds is 13. The molecular weight excluding hydrogens is 330 g/mol. The minimum Gasteiger partial charge on any atom is -0.467 e. The number of hydrogen-bond donors (Lipinski definition) is 1. The van der Waals surface area contributed by atoms with Crippen molar-refractivity contribution in [1.82, 2.24) is 0 Å². The second-order valence-electron chi connectivity index (χ2n) is 6.56. The van der Waals surface area contributed by atoms with Gasteiger partial charge in [0, 0.05) is 19.4 Å². The summed E-state index contributed by atoms with van der Waals surface area (Å²) in [4.78, 5) is 34.2. The van der Waals surface area contributed by atoms with Crippen molar-refractivity contribution in [2.45, 2.75) is 58.1 Å². The molecule has 0 aromatic heterocycles. The highest BCUT2D eigenvalue weighted by Gasteiger charge is 2.22. The first-order valence-corrected chi connectivity index (χ1v) is 8.38. The lowest BCUT2D eigenvalue weighted by Gasteiger charge is -2.22. The summed E-state index contributed by atoms with van der Waals surface area (Å²) in [6, 6.07) is -0.786. The van der Waals surface area contributed by atoms with E-state index in [1.54, 1.807) is 20.8 Å². The maximum Gasteiger partial charge on any atom is 0.331 e. The van der Waals surface area contributed by atoms with Crippen LogP contribution < -0.4 is 5.73 Å². The number of nitrogens with two attached hydrogens (primary N) is 1. The highest BCUT2D eigenvalue weighted by atomic mass is 16.6. The van der Waals surface area contributed by atoms with Crippen molar-refractivity contribution in [1.29, 1.82) is 0 Å². The Bertz CT molecular complexity index is 418. The molecule has 0 aliphatic rings. The second-order valence-corrected chi connectivity index (χ2v) is 6.56. The lowest BCUT2D eigenvalue weighted by atomic mass is 10.1. The van der Waals surface area contributed by atoms with E-state index in [1.807, 2.05) is 0 Å². The lowest BCUT2D eigenvalue weighted by Crippen LogP contribution is -2.37. The van der Waals surface area contributed by atoms with Crippen LogP contribution in [0.1, 0.15) is 46.5 Å². The normalized spacial score (nSPS) is 12.5. The summed E-state index contributed by atoms with van der Waals surface area (Å²) in [7, 11) is 1.29. The molecule has 0 amide bonds. The molecule has 146 valence electrons. The maximum atomic E-state index is 11.8.